The van der Waals surface area contributed by atoms with Crippen LogP contribution in [0.5, 0.6) is 11.5 Å². The fourth-order valence-corrected chi connectivity index (χ4v) is 5.81. The molecule has 0 fully saturated rings. The number of alkyl halides is 1. The van der Waals surface area contributed by atoms with Crippen molar-refractivity contribution < 1.29 is 43.3 Å². The SMILES string of the molecule is COc1c(F)cccc1Nc1c2[nH]c3c1C(=O)NC[C@@H]3[I-]OC/C=C/COc1cnccc1-2. The zero-order valence-corrected chi connectivity index (χ0v) is 19.8. The van der Waals surface area contributed by atoms with Crippen molar-refractivity contribution >= 4 is 17.3 Å². The molecule has 1 aromatic carbocycles. The van der Waals surface area contributed by atoms with Crippen LogP contribution in [0.4, 0.5) is 15.8 Å². The maximum absolute atomic E-state index is 14.4. The van der Waals surface area contributed by atoms with E-state index in [1.54, 1.807) is 24.5 Å². The Morgan fingerprint density at radius 2 is 2.15 bits per heavy atom. The molecule has 3 aromatic rings. The van der Waals surface area contributed by atoms with Crippen LogP contribution < -0.4 is 41.7 Å². The number of nitrogens with one attached hydrogen (secondary N) is 3. The molecule has 33 heavy (non-hydrogen) atoms. The number of para-hydroxylation sites is 1. The number of hydrogen-bond acceptors (Lipinski definition) is 6. The van der Waals surface area contributed by atoms with Crippen LogP contribution in [-0.4, -0.2) is 42.7 Å². The van der Waals surface area contributed by atoms with E-state index in [9.17, 15) is 9.18 Å². The van der Waals surface area contributed by atoms with Crippen molar-refractivity contribution in [2.24, 2.45) is 0 Å². The van der Waals surface area contributed by atoms with Crippen molar-refractivity contribution in [1.82, 2.24) is 15.3 Å². The Morgan fingerprint density at radius 3 is 3.03 bits per heavy atom. The van der Waals surface area contributed by atoms with Crippen LogP contribution in [0, 0.1) is 5.82 Å². The van der Waals surface area contributed by atoms with E-state index in [0.717, 1.165) is 11.3 Å². The molecule has 0 spiro atoms. The van der Waals surface area contributed by atoms with E-state index in [1.165, 1.54) is 13.2 Å². The van der Waals surface area contributed by atoms with Gasteiger partial charge in [0.25, 0.3) is 0 Å². The minimum absolute atomic E-state index is 0.0283. The van der Waals surface area contributed by atoms with Gasteiger partial charge < -0.3 is 0 Å². The van der Waals surface area contributed by atoms with Crippen LogP contribution in [-0.2, 0) is 3.07 Å². The topological polar surface area (TPSA) is 97.5 Å². The Hall–Kier alpha value is -3.12. The summed E-state index contributed by atoms with van der Waals surface area (Å²) in [6.07, 6.45) is 7.13. The van der Waals surface area contributed by atoms with Gasteiger partial charge in [-0.1, -0.05) is 0 Å². The molecule has 0 radical (unpaired) electrons. The average Bonchev–Trinajstić information content (AvgIpc) is 3.20. The quantitative estimate of drug-likeness (QED) is 0.247. The van der Waals surface area contributed by atoms with Crippen molar-refractivity contribution in [2.45, 2.75) is 3.92 Å². The van der Waals surface area contributed by atoms with Gasteiger partial charge in [0.2, 0.25) is 0 Å². The third-order valence-electron chi connectivity index (χ3n) is 5.33. The van der Waals surface area contributed by atoms with Gasteiger partial charge >= 0.3 is 201 Å². The van der Waals surface area contributed by atoms with E-state index in [0.29, 0.717) is 48.1 Å². The first-order valence-electron chi connectivity index (χ1n) is 10.3. The van der Waals surface area contributed by atoms with Crippen molar-refractivity contribution in [3.05, 3.63) is 65.9 Å². The summed E-state index contributed by atoms with van der Waals surface area (Å²) in [6, 6.07) is 6.43. The molecule has 4 heterocycles. The molecule has 2 aliphatic rings. The number of pyridine rings is 1. The van der Waals surface area contributed by atoms with Gasteiger partial charge in [-0.2, -0.15) is 0 Å². The Labute approximate surface area is 200 Å². The van der Waals surface area contributed by atoms with Crippen LogP contribution in [0.2, 0.25) is 0 Å². The van der Waals surface area contributed by atoms with Gasteiger partial charge in [-0.05, 0) is 0 Å². The molecule has 2 aliphatic heterocycles. The number of amides is 1. The zero-order chi connectivity index (χ0) is 22.8. The summed E-state index contributed by atoms with van der Waals surface area (Å²) in [5, 5.41) is 6.22. The summed E-state index contributed by atoms with van der Waals surface area (Å²) in [6.45, 7) is 1.33. The summed E-state index contributed by atoms with van der Waals surface area (Å²) < 4.78 is 31.6. The fourth-order valence-electron chi connectivity index (χ4n) is 3.84. The summed E-state index contributed by atoms with van der Waals surface area (Å²) in [5.74, 6) is -0.0967. The van der Waals surface area contributed by atoms with Crippen LogP contribution in [0.25, 0.3) is 11.3 Å². The minimum atomic E-state index is -0.713. The van der Waals surface area contributed by atoms with Gasteiger partial charge in [0.1, 0.15) is 0 Å². The number of fused-ring (bicyclic) bond motifs is 3. The number of halogens is 2. The predicted octanol–water partition coefficient (Wildman–Crippen LogP) is 0.722. The number of ether oxygens (including phenoxy) is 2. The molecule has 8 nitrogen and oxygen atoms in total. The van der Waals surface area contributed by atoms with Gasteiger partial charge in [-0.15, -0.1) is 0 Å². The van der Waals surface area contributed by atoms with E-state index in [2.05, 4.69) is 20.6 Å². The second-order valence-electron chi connectivity index (χ2n) is 7.31. The number of hydrogen-bond donors (Lipinski definition) is 3. The van der Waals surface area contributed by atoms with Crippen molar-refractivity contribution in [3.8, 4) is 22.8 Å². The normalized spacial score (nSPS) is 18.7. The zero-order valence-electron chi connectivity index (χ0n) is 17.7. The molecule has 2 bridgehead atoms. The molecular formula is C23H21FIN4O4-. The molecule has 2 aromatic heterocycles. The first kappa shape index (κ1) is 21.7. The molecule has 0 saturated carbocycles. The molecule has 0 unspecified atom stereocenters. The number of carbonyl (C=O) groups excluding carboxylic acids is 1. The Balaban J connectivity index is 1.72. The molecule has 1 atom stereocenters. The van der Waals surface area contributed by atoms with Crippen molar-refractivity contribution in [2.75, 3.05) is 32.2 Å². The van der Waals surface area contributed by atoms with E-state index >= 15 is 0 Å². The van der Waals surface area contributed by atoms with Crippen molar-refractivity contribution in [1.29, 1.82) is 0 Å². The molecule has 3 N–H and O–H groups in total. The summed E-state index contributed by atoms with van der Waals surface area (Å²) in [5.41, 5.74) is 3.58. The summed E-state index contributed by atoms with van der Waals surface area (Å²) in [4.78, 5) is 20.7. The third-order valence-corrected chi connectivity index (χ3v) is 7.72. The fraction of sp³-hybridized carbons (Fsp3) is 0.217. The number of rotatable bonds is 3. The predicted molar refractivity (Wildman–Crippen MR) is 116 cm³/mol. The van der Waals surface area contributed by atoms with Gasteiger partial charge in [-0.25, -0.2) is 0 Å². The van der Waals surface area contributed by atoms with Crippen LogP contribution in [0.15, 0.2) is 48.8 Å². The Kier molecular flexibility index (Phi) is 6.18. The van der Waals surface area contributed by atoms with Gasteiger partial charge in [0.15, 0.2) is 0 Å². The standard InChI is InChI=1S/C23H21FIN4O4/c1-31-22-14(24)5-4-6-16(22)28-21-18-20-15(11-27-23(18)30)25-33-10-3-2-9-32-17-12-26-8-7-13(17)19(21)29-20/h2-8,12,15,28-29H,9-11H2,1H3,(H,27,30)/q-1/b3-2+/t15-/m0/s1. The number of nitrogens with zero attached hydrogens (tertiary/aromatic N) is 1. The number of aromatic nitrogens is 2. The summed E-state index contributed by atoms with van der Waals surface area (Å²) in [7, 11) is 1.41. The molecule has 0 saturated heterocycles. The number of anilines is 2. The monoisotopic (exact) mass is 563 g/mol. The molecule has 0 aliphatic carbocycles. The van der Waals surface area contributed by atoms with Crippen LogP contribution in [0.1, 0.15) is 20.0 Å². The number of H-pyrrole nitrogens is 1. The van der Waals surface area contributed by atoms with Gasteiger partial charge in [-0.3, -0.25) is 0 Å². The molecular weight excluding hydrogens is 542 g/mol. The number of aromatic amines is 1. The van der Waals surface area contributed by atoms with Crippen molar-refractivity contribution in [3.63, 3.8) is 0 Å². The molecule has 1 amide bonds. The molecule has 10 heteroatoms. The van der Waals surface area contributed by atoms with E-state index < -0.39 is 27.4 Å². The Bertz CT molecular complexity index is 1230. The van der Waals surface area contributed by atoms with E-state index in [4.69, 9.17) is 12.5 Å². The number of methoxy groups -OCH3 is 1. The Morgan fingerprint density at radius 1 is 1.27 bits per heavy atom. The maximum atomic E-state index is 14.4. The van der Waals surface area contributed by atoms with Crippen LogP contribution >= 0.6 is 0 Å². The second kappa shape index (κ2) is 9.40. The molecule has 5 rings (SSSR count). The number of benzene rings is 1. The summed E-state index contributed by atoms with van der Waals surface area (Å²) >= 11 is -0.713. The second-order valence-corrected chi connectivity index (χ2v) is 9.94. The average molecular weight is 563 g/mol. The van der Waals surface area contributed by atoms with Crippen LogP contribution in [0.3, 0.4) is 0 Å². The van der Waals surface area contributed by atoms with Gasteiger partial charge in [0, 0.05) is 0 Å². The number of carbonyl (C=O) groups is 1. The van der Waals surface area contributed by atoms with E-state index in [1.807, 2.05) is 18.2 Å². The molecule has 172 valence electrons. The first-order valence-corrected chi connectivity index (χ1v) is 12.4. The first-order chi connectivity index (χ1) is 16.2. The third kappa shape index (κ3) is 4.15. The van der Waals surface area contributed by atoms with Gasteiger partial charge in [0.05, 0.1) is 0 Å². The van der Waals surface area contributed by atoms with E-state index in [-0.39, 0.29) is 15.6 Å².